The lowest BCUT2D eigenvalue weighted by Crippen LogP contribution is -2.61. The van der Waals surface area contributed by atoms with Crippen molar-refractivity contribution in [1.29, 1.82) is 0 Å². The number of hydrogen-bond donors (Lipinski definition) is 2. The fourth-order valence-electron chi connectivity index (χ4n) is 10.6. The number of ketones is 3. The number of thioether (sulfide) groups is 1. The summed E-state index contributed by atoms with van der Waals surface area (Å²) in [7, 11) is 1.60. The SMILES string of the molecule is CO[C@H]1C[C@@H]2CC[C@@H](C)[C@@](O)(O2)C(=O)C(=O)N2CCCCC2C(=O)O[C@H]([C@H](C)C[C@@H]2CC[C@@H](SC)[C@H](C)C2)CC(=O)[C@H](C)/C=C(\C)[C@@H](O)[C@@H](C)C(=O)[C@H](C)C[C@H](C)/C=C/C=CC=C1C. The number of nitrogens with zero attached hydrogens (tertiary/aromatic N) is 1. The lowest BCUT2D eigenvalue weighted by molar-refractivity contribution is -0.265. The molecule has 1 unspecified atom stereocenters. The van der Waals surface area contributed by atoms with Crippen molar-refractivity contribution in [2.24, 2.45) is 47.3 Å². The van der Waals surface area contributed by atoms with Gasteiger partial charge >= 0.3 is 5.97 Å². The minimum Gasteiger partial charge on any atom is -0.460 e. The van der Waals surface area contributed by atoms with Crippen molar-refractivity contribution in [1.82, 2.24) is 4.90 Å². The number of carbonyl (C=O) groups is 5. The van der Waals surface area contributed by atoms with Crippen molar-refractivity contribution in [2.75, 3.05) is 19.9 Å². The second kappa shape index (κ2) is 24.7. The Hall–Kier alpha value is -2.90. The first kappa shape index (κ1) is 53.7. The van der Waals surface area contributed by atoms with E-state index in [0.29, 0.717) is 61.2 Å². The van der Waals surface area contributed by atoms with Gasteiger partial charge in [-0.1, -0.05) is 84.9 Å². The molecule has 2 bridgehead atoms. The Morgan fingerprint density at radius 1 is 0.906 bits per heavy atom. The summed E-state index contributed by atoms with van der Waals surface area (Å²) in [5.41, 5.74) is 1.44. The van der Waals surface area contributed by atoms with Crippen molar-refractivity contribution in [3.63, 3.8) is 0 Å². The van der Waals surface area contributed by atoms with Crippen LogP contribution in [0, 0.1) is 47.3 Å². The molecule has 15 atom stereocenters. The Morgan fingerprint density at radius 2 is 1.62 bits per heavy atom. The summed E-state index contributed by atoms with van der Waals surface area (Å²) in [6.07, 6.45) is 18.1. The number of esters is 1. The average molecular weight is 912 g/mol. The number of rotatable bonds is 5. The maximum absolute atomic E-state index is 14.4. The number of hydrogen-bond acceptors (Lipinski definition) is 11. The van der Waals surface area contributed by atoms with Crippen molar-refractivity contribution in [2.45, 2.75) is 181 Å². The van der Waals surface area contributed by atoms with Gasteiger partial charge in [0.2, 0.25) is 5.79 Å². The number of piperidine rings is 1. The van der Waals surface area contributed by atoms with Crippen LogP contribution < -0.4 is 0 Å². The molecular weight excluding hydrogens is 831 g/mol. The number of carbonyl (C=O) groups excluding carboxylic acids is 5. The minimum absolute atomic E-state index is 0.0448. The van der Waals surface area contributed by atoms with Gasteiger partial charge in [-0.05, 0) is 119 Å². The van der Waals surface area contributed by atoms with Gasteiger partial charge < -0.3 is 29.3 Å². The molecule has 360 valence electrons. The number of ether oxygens (including phenoxy) is 3. The van der Waals surface area contributed by atoms with Gasteiger partial charge in [-0.15, -0.1) is 0 Å². The fraction of sp³-hybridized carbons (Fsp3) is 0.750. The van der Waals surface area contributed by atoms with Crippen molar-refractivity contribution in [3.8, 4) is 0 Å². The molecule has 3 fully saturated rings. The molecule has 1 amide bonds. The van der Waals surface area contributed by atoms with E-state index in [-0.39, 0.29) is 54.8 Å². The summed E-state index contributed by atoms with van der Waals surface area (Å²) in [5, 5.41) is 23.9. The largest absolute Gasteiger partial charge is 0.460 e. The first-order valence-corrected chi connectivity index (χ1v) is 25.5. The summed E-state index contributed by atoms with van der Waals surface area (Å²) in [5.74, 6) is -6.82. The Balaban J connectivity index is 1.68. The maximum Gasteiger partial charge on any atom is 0.329 e. The van der Waals surface area contributed by atoms with Crippen LogP contribution in [0.3, 0.4) is 0 Å². The third-order valence-electron chi connectivity index (χ3n) is 14.9. The summed E-state index contributed by atoms with van der Waals surface area (Å²) in [6, 6.07) is -1.07. The van der Waals surface area contributed by atoms with Crippen LogP contribution >= 0.6 is 11.8 Å². The molecular formula is C52H81NO10S. The third-order valence-corrected chi connectivity index (χ3v) is 16.2. The summed E-state index contributed by atoms with van der Waals surface area (Å²) < 4.78 is 18.4. The number of methoxy groups -OCH3 is 1. The third kappa shape index (κ3) is 14.1. The second-order valence-corrected chi connectivity index (χ2v) is 21.2. The molecule has 12 heteroatoms. The van der Waals surface area contributed by atoms with Gasteiger partial charge in [-0.25, -0.2) is 4.79 Å². The number of aliphatic hydroxyl groups excluding tert-OH is 1. The van der Waals surface area contributed by atoms with Crippen molar-refractivity contribution >= 4 is 41.0 Å². The van der Waals surface area contributed by atoms with Gasteiger partial charge in [0.05, 0.1) is 18.3 Å². The molecule has 2 N–H and O–H groups in total. The highest BCUT2D eigenvalue weighted by Gasteiger charge is 2.53. The Kier molecular flexibility index (Phi) is 20.8. The van der Waals surface area contributed by atoms with E-state index in [9.17, 15) is 34.2 Å². The number of Topliss-reactive ketones (excluding diaryl/α,β-unsaturated/α-hetero) is 3. The number of cyclic esters (lactones) is 1. The topological polar surface area (TPSA) is 157 Å². The molecule has 3 heterocycles. The Labute approximate surface area is 388 Å². The molecule has 4 rings (SSSR count). The van der Waals surface area contributed by atoms with Crippen LogP contribution in [0.2, 0.25) is 0 Å². The van der Waals surface area contributed by atoms with E-state index in [1.54, 1.807) is 40.9 Å². The van der Waals surface area contributed by atoms with E-state index in [2.05, 4.69) is 20.1 Å². The molecule has 1 aliphatic carbocycles. The smallest absolute Gasteiger partial charge is 0.329 e. The predicted molar refractivity (Wildman–Crippen MR) is 253 cm³/mol. The van der Waals surface area contributed by atoms with Gasteiger partial charge in [-0.2, -0.15) is 11.8 Å². The highest BCUT2D eigenvalue weighted by atomic mass is 32.2. The lowest BCUT2D eigenvalue weighted by Gasteiger charge is -2.42. The number of amides is 1. The van der Waals surface area contributed by atoms with Crippen LogP contribution in [-0.4, -0.2) is 106 Å². The molecule has 0 aromatic carbocycles. The minimum atomic E-state index is -2.39. The second-order valence-electron chi connectivity index (χ2n) is 20.1. The molecule has 0 aromatic heterocycles. The zero-order valence-corrected chi connectivity index (χ0v) is 41.6. The molecule has 0 aromatic rings. The zero-order valence-electron chi connectivity index (χ0n) is 40.8. The molecule has 2 saturated heterocycles. The van der Waals surface area contributed by atoms with Gasteiger partial charge in [0.1, 0.15) is 23.7 Å². The van der Waals surface area contributed by atoms with Gasteiger partial charge in [0.15, 0.2) is 0 Å². The highest BCUT2D eigenvalue weighted by molar-refractivity contribution is 7.99. The van der Waals surface area contributed by atoms with Crippen LogP contribution in [0.5, 0.6) is 0 Å². The molecule has 3 aliphatic heterocycles. The Bertz CT molecular complexity index is 1740. The zero-order chi connectivity index (χ0) is 47.5. The molecule has 11 nitrogen and oxygen atoms in total. The monoisotopic (exact) mass is 912 g/mol. The van der Waals surface area contributed by atoms with E-state index in [0.717, 1.165) is 31.3 Å². The molecule has 0 radical (unpaired) electrons. The quantitative estimate of drug-likeness (QED) is 0.154. The number of allylic oxidation sites excluding steroid dienone is 6. The van der Waals surface area contributed by atoms with E-state index < -0.39 is 65.6 Å². The normalized spacial score (nSPS) is 39.5. The van der Waals surface area contributed by atoms with Crippen LogP contribution in [0.1, 0.15) is 139 Å². The first-order valence-electron chi connectivity index (χ1n) is 24.2. The maximum atomic E-state index is 14.4. The summed E-state index contributed by atoms with van der Waals surface area (Å²) >= 11 is 1.90. The first-order chi connectivity index (χ1) is 30.2. The molecule has 1 saturated carbocycles. The molecule has 64 heavy (non-hydrogen) atoms. The van der Waals surface area contributed by atoms with E-state index in [4.69, 9.17) is 14.2 Å². The van der Waals surface area contributed by atoms with Gasteiger partial charge in [0, 0.05) is 55.4 Å². The molecule has 0 spiro atoms. The van der Waals surface area contributed by atoms with E-state index >= 15 is 0 Å². The number of fused-ring (bicyclic) bond motifs is 3. The van der Waals surface area contributed by atoms with Gasteiger partial charge in [0.25, 0.3) is 11.7 Å². The van der Waals surface area contributed by atoms with Gasteiger partial charge in [-0.3, -0.25) is 19.2 Å². The van der Waals surface area contributed by atoms with Crippen LogP contribution in [0.25, 0.3) is 0 Å². The van der Waals surface area contributed by atoms with E-state index in [1.807, 2.05) is 62.9 Å². The lowest BCUT2D eigenvalue weighted by atomic mass is 9.76. The fourth-order valence-corrected chi connectivity index (χ4v) is 11.5. The van der Waals surface area contributed by atoms with Crippen LogP contribution in [0.4, 0.5) is 0 Å². The standard InChI is InChI=1S/C52H81NO10S/c1-31-17-13-12-14-18-32(2)44(61-10)29-41-22-20-38(8)52(60,63-41)49(57)50(58)53-24-16-15-19-42(53)51(59)62-45(34(4)27-40-21-23-46(64-11)35(5)28-40)30-43(54)33(3)26-37(7)48(56)39(9)47(55)36(6)25-31/h12-14,17-18,26,31,33-36,38-42,44-46,48,56,60H,15-16,19-25,27-30H2,1-11H3/b14-12?,17-13+,32-18?,37-26+/t31-,33-,34-,35-,36-,38-,39+,40+,41+,42?,44+,45+,46-,48-,52-/m1/s1. The van der Waals surface area contributed by atoms with Crippen molar-refractivity contribution < 1.29 is 48.4 Å². The number of aliphatic hydroxyl groups is 2. The molecule has 4 aliphatic rings. The van der Waals surface area contributed by atoms with Crippen molar-refractivity contribution in [3.05, 3.63) is 47.6 Å². The predicted octanol–water partition coefficient (Wildman–Crippen LogP) is 8.79. The Morgan fingerprint density at radius 3 is 2.30 bits per heavy atom. The summed E-state index contributed by atoms with van der Waals surface area (Å²) in [4.78, 5) is 71.8. The van der Waals surface area contributed by atoms with E-state index in [1.165, 1.54) is 4.90 Å². The van der Waals surface area contributed by atoms with Crippen LogP contribution in [0.15, 0.2) is 47.6 Å². The highest BCUT2D eigenvalue weighted by Crippen LogP contribution is 2.40. The summed E-state index contributed by atoms with van der Waals surface area (Å²) in [6.45, 7) is 17.2. The van der Waals surface area contributed by atoms with Crippen LogP contribution in [-0.2, 0) is 38.2 Å². The average Bonchev–Trinajstić information content (AvgIpc) is 3.27.